The first-order valence-electron chi connectivity index (χ1n) is 6.56. The van der Waals surface area contributed by atoms with Gasteiger partial charge in [0.25, 0.3) is 0 Å². The molecule has 0 saturated carbocycles. The van der Waals surface area contributed by atoms with Crippen LogP contribution < -0.4 is 0 Å². The summed E-state index contributed by atoms with van der Waals surface area (Å²) in [6.45, 7) is 2.65. The van der Waals surface area contributed by atoms with E-state index < -0.39 is 5.79 Å². The first-order valence-corrected chi connectivity index (χ1v) is 6.56. The van der Waals surface area contributed by atoms with Crippen molar-refractivity contribution in [2.75, 3.05) is 26.3 Å². The van der Waals surface area contributed by atoms with Crippen LogP contribution in [0.4, 0.5) is 0 Å². The van der Waals surface area contributed by atoms with Crippen molar-refractivity contribution in [2.24, 2.45) is 0 Å². The minimum Gasteiger partial charge on any atom is -0.465 e. The third-order valence-electron chi connectivity index (χ3n) is 3.58. The van der Waals surface area contributed by atoms with E-state index in [-0.39, 0.29) is 5.91 Å². The topological polar surface area (TPSA) is 51.9 Å². The van der Waals surface area contributed by atoms with Crippen molar-refractivity contribution in [2.45, 2.75) is 18.6 Å². The molecule has 1 spiro atoms. The Morgan fingerprint density at radius 1 is 1.26 bits per heavy atom. The number of hydrogen-bond donors (Lipinski definition) is 0. The molecule has 5 heteroatoms. The van der Waals surface area contributed by atoms with Gasteiger partial charge in [-0.15, -0.1) is 0 Å². The van der Waals surface area contributed by atoms with Gasteiger partial charge < -0.3 is 18.8 Å². The molecule has 1 amide bonds. The number of carbonyl (C=O) groups is 1. The molecule has 0 radical (unpaired) electrons. The monoisotopic (exact) mass is 263 g/mol. The Labute approximate surface area is 111 Å². The van der Waals surface area contributed by atoms with Crippen LogP contribution in [0.5, 0.6) is 0 Å². The second kappa shape index (κ2) is 5.19. The summed E-state index contributed by atoms with van der Waals surface area (Å²) >= 11 is 0. The summed E-state index contributed by atoms with van der Waals surface area (Å²) in [7, 11) is 0. The van der Waals surface area contributed by atoms with Gasteiger partial charge in [0, 0.05) is 32.0 Å². The first-order chi connectivity index (χ1) is 9.27. The number of piperidine rings is 1. The van der Waals surface area contributed by atoms with Crippen LogP contribution in [0.1, 0.15) is 18.6 Å². The van der Waals surface area contributed by atoms with Gasteiger partial charge in [-0.3, -0.25) is 4.79 Å². The molecular weight excluding hydrogens is 246 g/mol. The summed E-state index contributed by atoms with van der Waals surface area (Å²) in [6.07, 6.45) is 6.31. The molecule has 0 aliphatic carbocycles. The quantitative estimate of drug-likeness (QED) is 0.761. The van der Waals surface area contributed by atoms with Crippen molar-refractivity contribution in [1.82, 2.24) is 4.90 Å². The zero-order valence-electron chi connectivity index (χ0n) is 10.7. The van der Waals surface area contributed by atoms with Crippen molar-refractivity contribution >= 4 is 12.0 Å². The average molecular weight is 263 g/mol. The highest BCUT2D eigenvalue weighted by Crippen LogP contribution is 2.31. The standard InChI is InChI=1S/C14H17NO4/c16-13(4-3-12-2-1-9-17-12)15-7-5-14(6-8-15)18-10-11-19-14/h1-4,9H,5-8,10-11H2. The number of amides is 1. The summed E-state index contributed by atoms with van der Waals surface area (Å²) in [5.74, 6) is 0.259. The van der Waals surface area contributed by atoms with E-state index in [4.69, 9.17) is 13.9 Å². The zero-order chi connectivity index (χ0) is 13.1. The Bertz CT molecular complexity index is 450. The molecular formula is C14H17NO4. The predicted molar refractivity (Wildman–Crippen MR) is 68.2 cm³/mol. The third-order valence-corrected chi connectivity index (χ3v) is 3.58. The molecule has 102 valence electrons. The van der Waals surface area contributed by atoms with Crippen LogP contribution in [0, 0.1) is 0 Å². The van der Waals surface area contributed by atoms with Gasteiger partial charge in [0.05, 0.1) is 19.5 Å². The molecule has 2 saturated heterocycles. The van der Waals surface area contributed by atoms with E-state index in [2.05, 4.69) is 0 Å². The zero-order valence-corrected chi connectivity index (χ0v) is 10.7. The second-order valence-electron chi connectivity index (χ2n) is 4.78. The van der Waals surface area contributed by atoms with Gasteiger partial charge in [-0.05, 0) is 18.2 Å². The van der Waals surface area contributed by atoms with E-state index in [1.165, 1.54) is 0 Å². The Morgan fingerprint density at radius 2 is 2.00 bits per heavy atom. The lowest BCUT2D eigenvalue weighted by molar-refractivity contribution is -0.186. The van der Waals surface area contributed by atoms with Crippen LogP contribution in [0.3, 0.4) is 0 Å². The maximum atomic E-state index is 12.0. The molecule has 2 aliphatic rings. The lowest BCUT2D eigenvalue weighted by atomic mass is 10.0. The van der Waals surface area contributed by atoms with Gasteiger partial charge in [0.15, 0.2) is 5.79 Å². The lowest BCUT2D eigenvalue weighted by Crippen LogP contribution is -2.46. The summed E-state index contributed by atoms with van der Waals surface area (Å²) in [6, 6.07) is 3.61. The molecule has 1 aromatic heterocycles. The second-order valence-corrected chi connectivity index (χ2v) is 4.78. The molecule has 3 heterocycles. The van der Waals surface area contributed by atoms with Gasteiger partial charge in [0.2, 0.25) is 5.91 Å². The fourth-order valence-corrected chi connectivity index (χ4v) is 2.50. The molecule has 2 fully saturated rings. The third kappa shape index (κ3) is 2.72. The molecule has 0 bridgehead atoms. The molecule has 0 N–H and O–H groups in total. The van der Waals surface area contributed by atoms with Crippen molar-refractivity contribution in [3.63, 3.8) is 0 Å². The van der Waals surface area contributed by atoms with Crippen LogP contribution in [0.15, 0.2) is 28.9 Å². The van der Waals surface area contributed by atoms with Gasteiger partial charge in [-0.2, -0.15) is 0 Å². The Hall–Kier alpha value is -1.59. The van der Waals surface area contributed by atoms with E-state index >= 15 is 0 Å². The number of furan rings is 1. The number of ether oxygens (including phenoxy) is 2. The van der Waals surface area contributed by atoms with Gasteiger partial charge >= 0.3 is 0 Å². The molecule has 1 aromatic rings. The van der Waals surface area contributed by atoms with Gasteiger partial charge in [-0.25, -0.2) is 0 Å². The van der Waals surface area contributed by atoms with Crippen LogP contribution in [-0.4, -0.2) is 42.9 Å². The maximum absolute atomic E-state index is 12.0. The van der Waals surface area contributed by atoms with Crippen molar-refractivity contribution in [3.05, 3.63) is 30.2 Å². The lowest BCUT2D eigenvalue weighted by Gasteiger charge is -2.37. The first kappa shape index (κ1) is 12.4. The van der Waals surface area contributed by atoms with Crippen LogP contribution in [0.25, 0.3) is 6.08 Å². The number of carbonyl (C=O) groups excluding carboxylic acids is 1. The summed E-state index contributed by atoms with van der Waals surface area (Å²) in [4.78, 5) is 13.8. The van der Waals surface area contributed by atoms with E-state index in [0.717, 1.165) is 12.8 Å². The van der Waals surface area contributed by atoms with E-state index in [1.54, 1.807) is 24.5 Å². The molecule has 0 unspecified atom stereocenters. The molecule has 0 atom stereocenters. The van der Waals surface area contributed by atoms with Gasteiger partial charge in [0.1, 0.15) is 5.76 Å². The molecule has 19 heavy (non-hydrogen) atoms. The predicted octanol–water partition coefficient (Wildman–Crippen LogP) is 1.66. The Kier molecular flexibility index (Phi) is 3.40. The van der Waals surface area contributed by atoms with E-state index in [9.17, 15) is 4.79 Å². The number of rotatable bonds is 2. The largest absolute Gasteiger partial charge is 0.465 e. The molecule has 5 nitrogen and oxygen atoms in total. The normalized spacial score (nSPS) is 22.4. The van der Waals surface area contributed by atoms with Crippen molar-refractivity contribution in [1.29, 1.82) is 0 Å². The molecule has 0 aromatic carbocycles. The van der Waals surface area contributed by atoms with Crippen molar-refractivity contribution in [3.8, 4) is 0 Å². The van der Waals surface area contributed by atoms with Crippen LogP contribution in [-0.2, 0) is 14.3 Å². The minimum absolute atomic E-state index is 0.00393. The highest BCUT2D eigenvalue weighted by molar-refractivity contribution is 5.91. The number of nitrogens with zero attached hydrogens (tertiary/aromatic N) is 1. The summed E-state index contributed by atoms with van der Waals surface area (Å²) in [5, 5.41) is 0. The van der Waals surface area contributed by atoms with Crippen molar-refractivity contribution < 1.29 is 18.7 Å². The van der Waals surface area contributed by atoms with E-state index in [1.807, 2.05) is 11.0 Å². The summed E-state index contributed by atoms with van der Waals surface area (Å²) < 4.78 is 16.4. The molecule has 2 aliphatic heterocycles. The van der Waals surface area contributed by atoms with Crippen LogP contribution in [0.2, 0.25) is 0 Å². The number of hydrogen-bond acceptors (Lipinski definition) is 4. The smallest absolute Gasteiger partial charge is 0.246 e. The highest BCUT2D eigenvalue weighted by Gasteiger charge is 2.40. The Balaban J connectivity index is 1.54. The van der Waals surface area contributed by atoms with Crippen LogP contribution >= 0.6 is 0 Å². The average Bonchev–Trinajstić information content (AvgIpc) is 3.09. The Morgan fingerprint density at radius 3 is 2.63 bits per heavy atom. The fraction of sp³-hybridized carbons (Fsp3) is 0.500. The van der Waals surface area contributed by atoms with Gasteiger partial charge in [-0.1, -0.05) is 0 Å². The van der Waals surface area contributed by atoms with E-state index in [0.29, 0.717) is 32.1 Å². The summed E-state index contributed by atoms with van der Waals surface area (Å²) in [5.41, 5.74) is 0. The fourth-order valence-electron chi connectivity index (χ4n) is 2.50. The SMILES string of the molecule is O=C(C=Cc1ccco1)N1CCC2(CC1)OCCO2. The molecule has 3 rings (SSSR count). The number of likely N-dealkylation sites (tertiary alicyclic amines) is 1. The maximum Gasteiger partial charge on any atom is 0.246 e. The minimum atomic E-state index is -0.429. The highest BCUT2D eigenvalue weighted by atomic mass is 16.7.